The summed E-state index contributed by atoms with van der Waals surface area (Å²) in [5.41, 5.74) is 4.25. The lowest BCUT2D eigenvalue weighted by atomic mass is 10.0. The molecule has 1 heterocycles. The Morgan fingerprint density at radius 3 is 2.57 bits per heavy atom. The fourth-order valence-corrected chi connectivity index (χ4v) is 4.01. The molecule has 1 aromatic heterocycles. The summed E-state index contributed by atoms with van der Waals surface area (Å²) in [5, 5.41) is 8.24. The molecule has 3 aromatic rings. The number of rotatable bonds is 9. The fraction of sp³-hybridized carbons (Fsp3) is 0.280. The second-order valence-electron chi connectivity index (χ2n) is 8.09. The SMILES string of the molecule is CCOC(=O)Cn1cc(C=NNC(=O)C(NC(=O)c2ccc(Cl)cc2Cl)C(C)C)c2ccccc21. The summed E-state index contributed by atoms with van der Waals surface area (Å²) in [6, 6.07) is 11.2. The van der Waals surface area contributed by atoms with Crippen LogP contribution in [-0.4, -0.2) is 41.2 Å². The van der Waals surface area contributed by atoms with Crippen LogP contribution in [0.1, 0.15) is 36.7 Å². The Hall–Kier alpha value is -3.36. The van der Waals surface area contributed by atoms with Crippen LogP contribution in [-0.2, 0) is 20.9 Å². The number of aromatic nitrogens is 1. The van der Waals surface area contributed by atoms with Crippen molar-refractivity contribution in [3.63, 3.8) is 0 Å². The predicted molar refractivity (Wildman–Crippen MR) is 137 cm³/mol. The molecule has 0 saturated heterocycles. The molecule has 0 fully saturated rings. The number of ether oxygens (including phenoxy) is 1. The third-order valence-corrected chi connectivity index (χ3v) is 5.76. The predicted octanol–water partition coefficient (Wildman–Crippen LogP) is 4.42. The zero-order valence-corrected chi connectivity index (χ0v) is 21.1. The highest BCUT2D eigenvalue weighted by atomic mass is 35.5. The highest BCUT2D eigenvalue weighted by Crippen LogP contribution is 2.22. The van der Waals surface area contributed by atoms with Crippen LogP contribution in [0.3, 0.4) is 0 Å². The van der Waals surface area contributed by atoms with E-state index < -0.39 is 17.9 Å². The molecule has 184 valence electrons. The number of hydrogen-bond donors (Lipinski definition) is 2. The van der Waals surface area contributed by atoms with Gasteiger partial charge in [0, 0.05) is 27.7 Å². The van der Waals surface area contributed by atoms with Gasteiger partial charge in [0.05, 0.1) is 23.4 Å². The summed E-state index contributed by atoms with van der Waals surface area (Å²) in [7, 11) is 0. The van der Waals surface area contributed by atoms with E-state index in [9.17, 15) is 14.4 Å². The van der Waals surface area contributed by atoms with E-state index in [1.807, 2.05) is 24.3 Å². The Morgan fingerprint density at radius 1 is 1.14 bits per heavy atom. The van der Waals surface area contributed by atoms with Crippen LogP contribution < -0.4 is 10.7 Å². The van der Waals surface area contributed by atoms with E-state index in [-0.39, 0.29) is 29.0 Å². The van der Waals surface area contributed by atoms with Gasteiger partial charge in [-0.15, -0.1) is 0 Å². The van der Waals surface area contributed by atoms with Crippen molar-refractivity contribution in [3.8, 4) is 0 Å². The number of fused-ring (bicyclic) bond motifs is 1. The van der Waals surface area contributed by atoms with Gasteiger partial charge >= 0.3 is 5.97 Å². The molecule has 0 spiro atoms. The number of esters is 1. The Bertz CT molecular complexity index is 1270. The number of nitrogens with zero attached hydrogens (tertiary/aromatic N) is 2. The van der Waals surface area contributed by atoms with Gasteiger partial charge in [-0.1, -0.05) is 55.2 Å². The van der Waals surface area contributed by atoms with Gasteiger partial charge in [-0.05, 0) is 37.1 Å². The topological polar surface area (TPSA) is 102 Å². The number of amides is 2. The van der Waals surface area contributed by atoms with E-state index in [4.69, 9.17) is 27.9 Å². The molecule has 8 nitrogen and oxygen atoms in total. The highest BCUT2D eigenvalue weighted by Gasteiger charge is 2.25. The van der Waals surface area contributed by atoms with Crippen LogP contribution in [0.5, 0.6) is 0 Å². The minimum absolute atomic E-state index is 0.0588. The Balaban J connectivity index is 1.73. The van der Waals surface area contributed by atoms with Gasteiger partial charge in [-0.25, -0.2) is 5.43 Å². The normalized spacial score (nSPS) is 12.2. The maximum atomic E-state index is 12.8. The van der Waals surface area contributed by atoms with Gasteiger partial charge in [-0.2, -0.15) is 5.10 Å². The molecule has 0 radical (unpaired) electrons. The lowest BCUT2D eigenvalue weighted by Gasteiger charge is -2.20. The maximum Gasteiger partial charge on any atom is 0.325 e. The number of carbonyl (C=O) groups excluding carboxylic acids is 3. The van der Waals surface area contributed by atoms with Crippen molar-refractivity contribution in [2.24, 2.45) is 11.0 Å². The minimum Gasteiger partial charge on any atom is -0.465 e. The quantitative estimate of drug-likeness (QED) is 0.249. The van der Waals surface area contributed by atoms with Crippen molar-refractivity contribution in [2.75, 3.05) is 6.61 Å². The Kier molecular flexibility index (Phi) is 8.89. The first kappa shape index (κ1) is 26.2. The lowest BCUT2D eigenvalue weighted by Crippen LogP contribution is -2.48. The average Bonchev–Trinajstić information content (AvgIpc) is 3.14. The first-order chi connectivity index (χ1) is 16.7. The summed E-state index contributed by atoms with van der Waals surface area (Å²) in [4.78, 5) is 37.4. The summed E-state index contributed by atoms with van der Waals surface area (Å²) >= 11 is 12.0. The highest BCUT2D eigenvalue weighted by molar-refractivity contribution is 6.36. The molecule has 35 heavy (non-hydrogen) atoms. The molecular weight excluding hydrogens is 491 g/mol. The molecule has 2 aromatic carbocycles. The molecule has 0 bridgehead atoms. The molecule has 0 aliphatic rings. The van der Waals surface area contributed by atoms with Crippen molar-refractivity contribution >= 4 is 58.1 Å². The second kappa shape index (κ2) is 11.9. The molecule has 10 heteroatoms. The first-order valence-corrected chi connectivity index (χ1v) is 11.8. The van der Waals surface area contributed by atoms with E-state index in [0.717, 1.165) is 10.9 Å². The van der Waals surface area contributed by atoms with Crippen LogP contribution in [0.25, 0.3) is 10.9 Å². The smallest absolute Gasteiger partial charge is 0.325 e. The second-order valence-corrected chi connectivity index (χ2v) is 8.93. The number of halogens is 2. The number of hydrazone groups is 1. The number of benzene rings is 2. The summed E-state index contributed by atoms with van der Waals surface area (Å²) in [5.74, 6) is -1.54. The average molecular weight is 517 g/mol. The largest absolute Gasteiger partial charge is 0.465 e. The minimum atomic E-state index is -0.850. The van der Waals surface area contributed by atoms with Crippen molar-refractivity contribution in [1.29, 1.82) is 0 Å². The molecular formula is C25H26Cl2N4O4. The molecule has 0 aliphatic heterocycles. The fourth-order valence-electron chi connectivity index (χ4n) is 3.52. The summed E-state index contributed by atoms with van der Waals surface area (Å²) in [6.07, 6.45) is 3.26. The van der Waals surface area contributed by atoms with Crippen LogP contribution in [0.15, 0.2) is 53.8 Å². The lowest BCUT2D eigenvalue weighted by molar-refractivity contribution is -0.143. The Morgan fingerprint density at radius 2 is 1.89 bits per heavy atom. The molecule has 1 unspecified atom stereocenters. The molecule has 3 rings (SSSR count). The van der Waals surface area contributed by atoms with Crippen molar-refractivity contribution in [3.05, 3.63) is 69.8 Å². The molecule has 1 atom stereocenters. The van der Waals surface area contributed by atoms with Crippen molar-refractivity contribution in [1.82, 2.24) is 15.3 Å². The van der Waals surface area contributed by atoms with E-state index in [0.29, 0.717) is 17.2 Å². The van der Waals surface area contributed by atoms with E-state index in [2.05, 4.69) is 15.8 Å². The molecule has 2 amide bonds. The van der Waals surface area contributed by atoms with E-state index >= 15 is 0 Å². The van der Waals surface area contributed by atoms with Gasteiger partial charge in [0.15, 0.2) is 0 Å². The number of hydrogen-bond acceptors (Lipinski definition) is 5. The van der Waals surface area contributed by atoms with Gasteiger partial charge < -0.3 is 14.6 Å². The molecule has 0 saturated carbocycles. The number of carbonyl (C=O) groups is 3. The third kappa shape index (κ3) is 6.61. The van der Waals surface area contributed by atoms with Gasteiger partial charge in [0.1, 0.15) is 12.6 Å². The number of nitrogens with one attached hydrogen (secondary N) is 2. The van der Waals surface area contributed by atoms with E-state index in [1.54, 1.807) is 37.6 Å². The van der Waals surface area contributed by atoms with Crippen molar-refractivity contribution in [2.45, 2.75) is 33.4 Å². The molecule has 2 N–H and O–H groups in total. The zero-order valence-electron chi connectivity index (χ0n) is 19.5. The summed E-state index contributed by atoms with van der Waals surface area (Å²) < 4.78 is 6.81. The zero-order chi connectivity index (χ0) is 25.5. The monoisotopic (exact) mass is 516 g/mol. The third-order valence-electron chi connectivity index (χ3n) is 5.21. The van der Waals surface area contributed by atoms with Crippen LogP contribution in [0.2, 0.25) is 10.0 Å². The maximum absolute atomic E-state index is 12.8. The first-order valence-electron chi connectivity index (χ1n) is 11.0. The van der Waals surface area contributed by atoms with Crippen molar-refractivity contribution < 1.29 is 19.1 Å². The Labute approximate surface area is 213 Å². The number of para-hydroxylation sites is 1. The van der Waals surface area contributed by atoms with Crippen LogP contribution in [0, 0.1) is 5.92 Å². The van der Waals surface area contributed by atoms with Gasteiger partial charge in [0.2, 0.25) is 0 Å². The van der Waals surface area contributed by atoms with E-state index in [1.165, 1.54) is 18.3 Å². The van der Waals surface area contributed by atoms with Crippen LogP contribution >= 0.6 is 23.2 Å². The van der Waals surface area contributed by atoms with Gasteiger partial charge in [0.25, 0.3) is 11.8 Å². The van der Waals surface area contributed by atoms with Crippen LogP contribution in [0.4, 0.5) is 0 Å². The van der Waals surface area contributed by atoms with Gasteiger partial charge in [-0.3, -0.25) is 14.4 Å². The standard InChI is InChI=1S/C25H26Cl2N4O4/c1-4-35-22(32)14-31-13-16(18-7-5-6-8-21(18)31)12-28-30-25(34)23(15(2)3)29-24(33)19-10-9-17(26)11-20(19)27/h5-13,15,23H,4,14H2,1-3H3,(H,29,33)(H,30,34). The molecule has 0 aliphatic carbocycles. The summed E-state index contributed by atoms with van der Waals surface area (Å²) in [6.45, 7) is 5.73.